The fourth-order valence-electron chi connectivity index (χ4n) is 1.57. The van der Waals surface area contributed by atoms with Gasteiger partial charge in [0.2, 0.25) is 0 Å². The zero-order valence-electron chi connectivity index (χ0n) is 10.6. The molecule has 0 saturated heterocycles. The molecule has 1 aromatic rings. The SMILES string of the molecule is CCc1ccc(CNCC(N)C(C)CC)s1. The molecule has 0 saturated carbocycles. The first-order valence-electron chi connectivity index (χ1n) is 6.21. The van der Waals surface area contributed by atoms with Gasteiger partial charge in [-0.3, -0.25) is 0 Å². The summed E-state index contributed by atoms with van der Waals surface area (Å²) in [4.78, 5) is 2.87. The van der Waals surface area contributed by atoms with Crippen molar-refractivity contribution in [2.75, 3.05) is 6.54 Å². The summed E-state index contributed by atoms with van der Waals surface area (Å²) >= 11 is 1.90. The fourth-order valence-corrected chi connectivity index (χ4v) is 2.50. The molecule has 0 radical (unpaired) electrons. The summed E-state index contributed by atoms with van der Waals surface area (Å²) in [5, 5.41) is 3.44. The molecule has 0 bridgehead atoms. The van der Waals surface area contributed by atoms with Gasteiger partial charge in [-0.05, 0) is 24.5 Å². The van der Waals surface area contributed by atoms with Crippen LogP contribution in [-0.2, 0) is 13.0 Å². The van der Waals surface area contributed by atoms with Crippen molar-refractivity contribution in [3.8, 4) is 0 Å². The molecule has 1 aromatic heterocycles. The van der Waals surface area contributed by atoms with Crippen LogP contribution in [0.3, 0.4) is 0 Å². The quantitative estimate of drug-likeness (QED) is 0.769. The molecule has 2 nitrogen and oxygen atoms in total. The minimum Gasteiger partial charge on any atom is -0.326 e. The van der Waals surface area contributed by atoms with Crippen molar-refractivity contribution in [3.63, 3.8) is 0 Å². The second-order valence-electron chi connectivity index (χ2n) is 4.40. The fraction of sp³-hybridized carbons (Fsp3) is 0.692. The molecule has 2 unspecified atom stereocenters. The number of nitrogens with two attached hydrogens (primary N) is 1. The number of rotatable bonds is 7. The summed E-state index contributed by atoms with van der Waals surface area (Å²) < 4.78 is 0. The monoisotopic (exact) mass is 240 g/mol. The highest BCUT2D eigenvalue weighted by molar-refractivity contribution is 7.11. The Hall–Kier alpha value is -0.380. The van der Waals surface area contributed by atoms with Crippen molar-refractivity contribution in [2.45, 2.75) is 46.2 Å². The lowest BCUT2D eigenvalue weighted by atomic mass is 10.0. The maximum Gasteiger partial charge on any atom is 0.0300 e. The smallest absolute Gasteiger partial charge is 0.0300 e. The van der Waals surface area contributed by atoms with Crippen molar-refractivity contribution in [1.82, 2.24) is 5.32 Å². The first kappa shape index (κ1) is 13.7. The first-order chi connectivity index (χ1) is 7.67. The third-order valence-electron chi connectivity index (χ3n) is 3.12. The van der Waals surface area contributed by atoms with E-state index >= 15 is 0 Å². The highest BCUT2D eigenvalue weighted by Gasteiger charge is 2.09. The lowest BCUT2D eigenvalue weighted by molar-refractivity contribution is 0.419. The van der Waals surface area contributed by atoms with Gasteiger partial charge in [0.25, 0.3) is 0 Å². The van der Waals surface area contributed by atoms with Gasteiger partial charge in [-0.15, -0.1) is 11.3 Å². The van der Waals surface area contributed by atoms with E-state index in [9.17, 15) is 0 Å². The van der Waals surface area contributed by atoms with Gasteiger partial charge in [0.15, 0.2) is 0 Å². The molecule has 0 aliphatic heterocycles. The van der Waals surface area contributed by atoms with Crippen LogP contribution < -0.4 is 11.1 Å². The summed E-state index contributed by atoms with van der Waals surface area (Å²) in [6.07, 6.45) is 2.29. The Balaban J connectivity index is 2.24. The largest absolute Gasteiger partial charge is 0.326 e. The third kappa shape index (κ3) is 4.24. The molecular formula is C13H24N2S. The third-order valence-corrected chi connectivity index (χ3v) is 4.35. The van der Waals surface area contributed by atoms with Crippen molar-refractivity contribution < 1.29 is 0 Å². The highest BCUT2D eigenvalue weighted by Crippen LogP contribution is 2.16. The van der Waals surface area contributed by atoms with Gasteiger partial charge in [-0.2, -0.15) is 0 Å². The van der Waals surface area contributed by atoms with Crippen molar-refractivity contribution >= 4 is 11.3 Å². The maximum atomic E-state index is 6.06. The molecule has 0 aliphatic rings. The first-order valence-corrected chi connectivity index (χ1v) is 7.02. The zero-order valence-corrected chi connectivity index (χ0v) is 11.4. The number of thiophene rings is 1. The van der Waals surface area contributed by atoms with E-state index in [1.807, 2.05) is 11.3 Å². The zero-order chi connectivity index (χ0) is 12.0. The molecule has 3 N–H and O–H groups in total. The van der Waals surface area contributed by atoms with E-state index in [4.69, 9.17) is 5.73 Å². The predicted molar refractivity (Wildman–Crippen MR) is 72.8 cm³/mol. The topological polar surface area (TPSA) is 38.0 Å². The average molecular weight is 240 g/mol. The Kier molecular flexibility index (Phi) is 6.03. The standard InChI is InChI=1S/C13H24N2S/c1-4-10(3)13(14)9-15-8-12-7-6-11(5-2)16-12/h6-7,10,13,15H,4-5,8-9,14H2,1-3H3. The van der Waals surface area contributed by atoms with Crippen molar-refractivity contribution in [3.05, 3.63) is 21.9 Å². The van der Waals surface area contributed by atoms with Crippen LogP contribution in [0.4, 0.5) is 0 Å². The van der Waals surface area contributed by atoms with Gasteiger partial charge in [0, 0.05) is 28.9 Å². The van der Waals surface area contributed by atoms with Crippen LogP contribution in [0.25, 0.3) is 0 Å². The molecule has 1 heterocycles. The van der Waals surface area contributed by atoms with Crippen molar-refractivity contribution in [1.29, 1.82) is 0 Å². The predicted octanol–water partition coefficient (Wildman–Crippen LogP) is 2.77. The summed E-state index contributed by atoms with van der Waals surface area (Å²) in [5.41, 5.74) is 6.06. The molecule has 3 heteroatoms. The molecule has 1 rings (SSSR count). The Morgan fingerprint density at radius 2 is 2.00 bits per heavy atom. The second-order valence-corrected chi connectivity index (χ2v) is 5.65. The number of nitrogens with one attached hydrogen (secondary N) is 1. The van der Waals surface area contributed by atoms with E-state index < -0.39 is 0 Å². The molecule has 0 aromatic carbocycles. The molecule has 0 spiro atoms. The van der Waals surface area contributed by atoms with Crippen LogP contribution >= 0.6 is 11.3 Å². The minimum atomic E-state index is 0.274. The van der Waals surface area contributed by atoms with E-state index in [0.29, 0.717) is 5.92 Å². The minimum absolute atomic E-state index is 0.274. The molecule has 0 amide bonds. The summed E-state index contributed by atoms with van der Waals surface area (Å²) in [6.45, 7) is 8.47. The highest BCUT2D eigenvalue weighted by atomic mass is 32.1. The Morgan fingerprint density at radius 1 is 1.31 bits per heavy atom. The van der Waals surface area contributed by atoms with Crippen LogP contribution in [-0.4, -0.2) is 12.6 Å². The summed E-state index contributed by atoms with van der Waals surface area (Å²) in [5.74, 6) is 0.599. The van der Waals surface area contributed by atoms with E-state index in [1.54, 1.807) is 0 Å². The van der Waals surface area contributed by atoms with Crippen LogP contribution in [0.2, 0.25) is 0 Å². The lowest BCUT2D eigenvalue weighted by Gasteiger charge is -2.18. The number of hydrogen-bond donors (Lipinski definition) is 2. The van der Waals surface area contributed by atoms with E-state index in [0.717, 1.165) is 25.9 Å². The van der Waals surface area contributed by atoms with Crippen LogP contribution in [0.5, 0.6) is 0 Å². The maximum absolute atomic E-state index is 6.06. The normalized spacial score (nSPS) is 15.0. The van der Waals surface area contributed by atoms with Gasteiger partial charge in [-0.1, -0.05) is 27.2 Å². The van der Waals surface area contributed by atoms with Gasteiger partial charge in [0.1, 0.15) is 0 Å². The molecular weight excluding hydrogens is 216 g/mol. The number of aryl methyl sites for hydroxylation is 1. The average Bonchev–Trinajstić information content (AvgIpc) is 2.75. The van der Waals surface area contributed by atoms with Crippen molar-refractivity contribution in [2.24, 2.45) is 11.7 Å². The van der Waals surface area contributed by atoms with Gasteiger partial charge in [0.05, 0.1) is 0 Å². The molecule has 0 fully saturated rings. The Labute approximate surface area is 103 Å². The van der Waals surface area contributed by atoms with E-state index in [-0.39, 0.29) is 6.04 Å². The molecule has 0 aliphatic carbocycles. The Morgan fingerprint density at radius 3 is 2.56 bits per heavy atom. The van der Waals surface area contributed by atoms with Crippen LogP contribution in [0.15, 0.2) is 12.1 Å². The van der Waals surface area contributed by atoms with Gasteiger partial charge < -0.3 is 11.1 Å². The van der Waals surface area contributed by atoms with Crippen LogP contribution in [0.1, 0.15) is 36.9 Å². The molecule has 92 valence electrons. The van der Waals surface area contributed by atoms with E-state index in [2.05, 4.69) is 38.2 Å². The number of hydrogen-bond acceptors (Lipinski definition) is 3. The summed E-state index contributed by atoms with van der Waals surface area (Å²) in [7, 11) is 0. The Bertz CT molecular complexity index is 296. The van der Waals surface area contributed by atoms with E-state index in [1.165, 1.54) is 9.75 Å². The second kappa shape index (κ2) is 7.05. The lowest BCUT2D eigenvalue weighted by Crippen LogP contribution is -2.38. The van der Waals surface area contributed by atoms with Gasteiger partial charge >= 0.3 is 0 Å². The molecule has 16 heavy (non-hydrogen) atoms. The van der Waals surface area contributed by atoms with Gasteiger partial charge in [-0.25, -0.2) is 0 Å². The summed E-state index contributed by atoms with van der Waals surface area (Å²) in [6, 6.07) is 4.71. The van der Waals surface area contributed by atoms with Crippen LogP contribution in [0, 0.1) is 5.92 Å². The molecule has 2 atom stereocenters.